The average Bonchev–Trinajstić information content (AvgIpc) is 2.17. The van der Waals surface area contributed by atoms with Gasteiger partial charge in [-0.3, -0.25) is 0 Å². The molecule has 0 fully saturated rings. The number of aliphatic imine (C=N–C) groups is 1. The van der Waals surface area contributed by atoms with Gasteiger partial charge in [-0.25, -0.2) is 4.99 Å². The van der Waals surface area contributed by atoms with E-state index in [1.54, 1.807) is 0 Å². The van der Waals surface area contributed by atoms with Crippen LogP contribution in [0.15, 0.2) is 29.3 Å². The lowest BCUT2D eigenvalue weighted by atomic mass is 10.2. The van der Waals surface area contributed by atoms with Gasteiger partial charge in [-0.2, -0.15) is 0 Å². The Morgan fingerprint density at radius 2 is 2.07 bits per heavy atom. The Labute approximate surface area is 89.0 Å². The Kier molecular flexibility index (Phi) is 4.26. The van der Waals surface area contributed by atoms with Crippen molar-refractivity contribution in [3.8, 4) is 0 Å². The van der Waals surface area contributed by atoms with E-state index in [0.717, 1.165) is 17.1 Å². The molecule has 1 aromatic rings. The van der Waals surface area contributed by atoms with Crippen LogP contribution in [0.1, 0.15) is 12.5 Å². The Balaban J connectivity index is 2.53. The highest BCUT2D eigenvalue weighted by Crippen LogP contribution is 2.09. The lowest BCUT2D eigenvalue weighted by Gasteiger charge is -2.01. The maximum atomic E-state index is 5.75. The highest BCUT2D eigenvalue weighted by atomic mass is 35.5. The monoisotopic (exact) mass is 211 g/mol. The van der Waals surface area contributed by atoms with Crippen molar-refractivity contribution < 1.29 is 0 Å². The number of nitrogens with two attached hydrogens (primary N) is 1. The molecule has 4 heteroatoms. The highest BCUT2D eigenvalue weighted by molar-refractivity contribution is 6.30. The summed E-state index contributed by atoms with van der Waals surface area (Å²) in [5.74, 6) is 0.474. The summed E-state index contributed by atoms with van der Waals surface area (Å²) < 4.78 is 0. The summed E-state index contributed by atoms with van der Waals surface area (Å²) in [5, 5.41) is 3.66. The molecular formula is C10H14ClN3. The van der Waals surface area contributed by atoms with Crippen LogP contribution in [0.2, 0.25) is 5.02 Å². The molecule has 3 nitrogen and oxygen atoms in total. The van der Waals surface area contributed by atoms with Crippen LogP contribution in [-0.2, 0) is 6.54 Å². The maximum Gasteiger partial charge on any atom is 0.188 e. The molecule has 0 amide bonds. The SMILES string of the molecule is CCNC(N)=NCc1ccc(Cl)cc1. The van der Waals surface area contributed by atoms with E-state index in [0.29, 0.717) is 12.5 Å². The number of benzene rings is 1. The van der Waals surface area contributed by atoms with E-state index in [4.69, 9.17) is 17.3 Å². The smallest absolute Gasteiger partial charge is 0.188 e. The number of guanidine groups is 1. The van der Waals surface area contributed by atoms with Crippen molar-refractivity contribution in [3.63, 3.8) is 0 Å². The van der Waals surface area contributed by atoms with E-state index >= 15 is 0 Å². The number of nitrogens with zero attached hydrogens (tertiary/aromatic N) is 1. The molecule has 0 aliphatic heterocycles. The minimum Gasteiger partial charge on any atom is -0.370 e. The molecule has 0 saturated carbocycles. The van der Waals surface area contributed by atoms with E-state index in [2.05, 4.69) is 10.3 Å². The molecule has 0 aliphatic rings. The van der Waals surface area contributed by atoms with Gasteiger partial charge in [-0.1, -0.05) is 23.7 Å². The quantitative estimate of drug-likeness (QED) is 0.592. The van der Waals surface area contributed by atoms with Crippen LogP contribution in [0, 0.1) is 0 Å². The van der Waals surface area contributed by atoms with Gasteiger partial charge in [0.1, 0.15) is 0 Å². The van der Waals surface area contributed by atoms with Gasteiger partial charge in [-0.05, 0) is 24.6 Å². The van der Waals surface area contributed by atoms with Gasteiger partial charge in [0.25, 0.3) is 0 Å². The predicted octanol–water partition coefficient (Wildman–Crippen LogP) is 1.76. The molecule has 1 aromatic carbocycles. The van der Waals surface area contributed by atoms with E-state index in [1.807, 2.05) is 31.2 Å². The van der Waals surface area contributed by atoms with Crippen LogP contribution in [0.25, 0.3) is 0 Å². The zero-order chi connectivity index (χ0) is 10.4. The molecule has 0 atom stereocenters. The zero-order valence-electron chi connectivity index (χ0n) is 8.13. The standard InChI is InChI=1S/C10H14ClN3/c1-2-13-10(12)14-7-8-3-5-9(11)6-4-8/h3-6H,2,7H2,1H3,(H3,12,13,14). The third kappa shape index (κ3) is 3.66. The van der Waals surface area contributed by atoms with Gasteiger partial charge in [0.05, 0.1) is 6.54 Å². The summed E-state index contributed by atoms with van der Waals surface area (Å²) >= 11 is 5.75. The molecule has 0 aromatic heterocycles. The molecule has 0 aliphatic carbocycles. The summed E-state index contributed by atoms with van der Waals surface area (Å²) in [6, 6.07) is 7.56. The molecule has 0 unspecified atom stereocenters. The minimum atomic E-state index is 0.474. The fourth-order valence-electron chi connectivity index (χ4n) is 1.00. The van der Waals surface area contributed by atoms with Crippen molar-refractivity contribution in [2.45, 2.75) is 13.5 Å². The third-order valence-corrected chi connectivity index (χ3v) is 1.96. The molecule has 76 valence electrons. The molecule has 0 heterocycles. The fraction of sp³-hybridized carbons (Fsp3) is 0.300. The van der Waals surface area contributed by atoms with Crippen LogP contribution in [-0.4, -0.2) is 12.5 Å². The molecule has 14 heavy (non-hydrogen) atoms. The van der Waals surface area contributed by atoms with E-state index in [1.165, 1.54) is 0 Å². The van der Waals surface area contributed by atoms with Crippen molar-refractivity contribution in [3.05, 3.63) is 34.9 Å². The Morgan fingerprint density at radius 3 is 2.64 bits per heavy atom. The van der Waals surface area contributed by atoms with Crippen LogP contribution in [0.4, 0.5) is 0 Å². The number of nitrogens with one attached hydrogen (secondary N) is 1. The first kappa shape index (κ1) is 10.9. The van der Waals surface area contributed by atoms with E-state index in [-0.39, 0.29) is 0 Å². The third-order valence-electron chi connectivity index (χ3n) is 1.70. The second kappa shape index (κ2) is 5.50. The first-order chi connectivity index (χ1) is 6.72. The van der Waals surface area contributed by atoms with Crippen molar-refractivity contribution in [1.82, 2.24) is 5.32 Å². The first-order valence-electron chi connectivity index (χ1n) is 4.50. The van der Waals surface area contributed by atoms with E-state index in [9.17, 15) is 0 Å². The molecule has 0 saturated heterocycles. The van der Waals surface area contributed by atoms with Crippen molar-refractivity contribution >= 4 is 17.6 Å². The minimum absolute atomic E-state index is 0.474. The maximum absolute atomic E-state index is 5.75. The Bertz CT molecular complexity index is 306. The van der Waals surface area contributed by atoms with Crippen LogP contribution >= 0.6 is 11.6 Å². The summed E-state index contributed by atoms with van der Waals surface area (Å²) in [7, 11) is 0. The second-order valence-electron chi connectivity index (χ2n) is 2.86. The lowest BCUT2D eigenvalue weighted by molar-refractivity contribution is 0.925. The number of hydrogen-bond acceptors (Lipinski definition) is 1. The molecule has 3 N–H and O–H groups in total. The summed E-state index contributed by atoms with van der Waals surface area (Å²) in [6.45, 7) is 3.34. The number of rotatable bonds is 3. The molecule has 0 bridgehead atoms. The van der Waals surface area contributed by atoms with Gasteiger partial charge < -0.3 is 11.1 Å². The average molecular weight is 212 g/mol. The topological polar surface area (TPSA) is 50.4 Å². The predicted molar refractivity (Wildman–Crippen MR) is 60.5 cm³/mol. The van der Waals surface area contributed by atoms with Gasteiger partial charge in [0.2, 0.25) is 0 Å². The number of hydrogen-bond donors (Lipinski definition) is 2. The Morgan fingerprint density at radius 1 is 1.43 bits per heavy atom. The molecule has 0 radical (unpaired) electrons. The van der Waals surface area contributed by atoms with Gasteiger partial charge in [0.15, 0.2) is 5.96 Å². The normalized spacial score (nSPS) is 11.4. The van der Waals surface area contributed by atoms with Crippen molar-refractivity contribution in [2.75, 3.05) is 6.54 Å². The zero-order valence-corrected chi connectivity index (χ0v) is 8.88. The Hall–Kier alpha value is -1.22. The van der Waals surface area contributed by atoms with E-state index < -0.39 is 0 Å². The van der Waals surface area contributed by atoms with Crippen LogP contribution in [0.3, 0.4) is 0 Å². The molecule has 1 rings (SSSR count). The van der Waals surface area contributed by atoms with Crippen molar-refractivity contribution in [1.29, 1.82) is 0 Å². The summed E-state index contributed by atoms with van der Waals surface area (Å²) in [4.78, 5) is 4.15. The summed E-state index contributed by atoms with van der Waals surface area (Å²) in [6.07, 6.45) is 0. The van der Waals surface area contributed by atoms with Crippen LogP contribution < -0.4 is 11.1 Å². The largest absolute Gasteiger partial charge is 0.370 e. The number of halogens is 1. The molecular weight excluding hydrogens is 198 g/mol. The van der Waals surface area contributed by atoms with Crippen molar-refractivity contribution in [2.24, 2.45) is 10.7 Å². The molecule has 0 spiro atoms. The highest BCUT2D eigenvalue weighted by Gasteiger charge is 1.92. The van der Waals surface area contributed by atoms with Gasteiger partial charge in [-0.15, -0.1) is 0 Å². The van der Waals surface area contributed by atoms with Gasteiger partial charge >= 0.3 is 0 Å². The first-order valence-corrected chi connectivity index (χ1v) is 4.88. The second-order valence-corrected chi connectivity index (χ2v) is 3.29. The lowest BCUT2D eigenvalue weighted by Crippen LogP contribution is -2.31. The van der Waals surface area contributed by atoms with Crippen LogP contribution in [0.5, 0.6) is 0 Å². The summed E-state index contributed by atoms with van der Waals surface area (Å²) in [5.41, 5.74) is 6.67. The fourth-order valence-corrected chi connectivity index (χ4v) is 1.13. The van der Waals surface area contributed by atoms with Gasteiger partial charge in [0, 0.05) is 11.6 Å².